The molecule has 8 heteroatoms. The molecule has 0 bridgehead atoms. The molecule has 2 aromatic rings. The zero-order chi connectivity index (χ0) is 17.8. The molecule has 132 valence electrons. The molecule has 1 saturated heterocycles. The number of benzene rings is 1. The van der Waals surface area contributed by atoms with Crippen molar-refractivity contribution in [3.8, 4) is 0 Å². The molecular weight excluding hydrogens is 342 g/mol. The lowest BCUT2D eigenvalue weighted by Gasteiger charge is -2.21. The van der Waals surface area contributed by atoms with Gasteiger partial charge in [0.05, 0.1) is 4.92 Å². The van der Waals surface area contributed by atoms with E-state index in [1.165, 1.54) is 6.33 Å². The van der Waals surface area contributed by atoms with Crippen LogP contribution >= 0.6 is 11.6 Å². The van der Waals surface area contributed by atoms with Crippen LogP contribution in [0.5, 0.6) is 0 Å². The van der Waals surface area contributed by atoms with Gasteiger partial charge >= 0.3 is 5.69 Å². The smallest absolute Gasteiger partial charge is 0.351 e. The maximum absolute atomic E-state index is 11.7. The summed E-state index contributed by atoms with van der Waals surface area (Å²) < 4.78 is 0. The van der Waals surface area contributed by atoms with Crippen molar-refractivity contribution in [3.63, 3.8) is 0 Å². The second-order valence-electron chi connectivity index (χ2n) is 6.09. The van der Waals surface area contributed by atoms with Crippen molar-refractivity contribution >= 4 is 34.6 Å². The van der Waals surface area contributed by atoms with Gasteiger partial charge in [-0.3, -0.25) is 10.1 Å². The molecule has 0 saturated carbocycles. The highest BCUT2D eigenvalue weighted by molar-refractivity contribution is 6.31. The first kappa shape index (κ1) is 17.4. The summed E-state index contributed by atoms with van der Waals surface area (Å²) in [7, 11) is 0. The molecule has 25 heavy (non-hydrogen) atoms. The molecule has 1 aliphatic heterocycles. The van der Waals surface area contributed by atoms with E-state index < -0.39 is 4.92 Å². The molecule has 7 nitrogen and oxygen atoms in total. The molecule has 1 N–H and O–H groups in total. The Balaban J connectivity index is 2.00. The number of hydrogen-bond donors (Lipinski definition) is 1. The van der Waals surface area contributed by atoms with E-state index in [0.717, 1.165) is 44.3 Å². The molecule has 1 fully saturated rings. The predicted molar refractivity (Wildman–Crippen MR) is 98.8 cm³/mol. The Hall–Kier alpha value is -2.41. The van der Waals surface area contributed by atoms with E-state index in [2.05, 4.69) is 15.3 Å². The predicted octanol–water partition coefficient (Wildman–Crippen LogP) is 4.47. The van der Waals surface area contributed by atoms with Crippen LogP contribution in [0, 0.1) is 17.0 Å². The minimum Gasteiger partial charge on any atom is -0.351 e. The zero-order valence-electron chi connectivity index (χ0n) is 14.0. The van der Waals surface area contributed by atoms with Gasteiger partial charge < -0.3 is 10.2 Å². The van der Waals surface area contributed by atoms with Crippen LogP contribution in [-0.2, 0) is 0 Å². The fraction of sp³-hybridized carbons (Fsp3) is 0.412. The minimum atomic E-state index is -0.414. The number of nitrogens with zero attached hydrogens (tertiary/aromatic N) is 4. The standard InChI is InChI=1S/C17H20ClN5O2/c1-12-13(18)7-6-8-14(12)21-16-15(23(24)25)17(20-11-19-16)22-9-4-2-3-5-10-22/h6-8,11H,2-5,9-10H2,1H3,(H,19,20,21). The number of aromatic nitrogens is 2. The molecule has 0 atom stereocenters. The van der Waals surface area contributed by atoms with Crippen molar-refractivity contribution in [2.24, 2.45) is 0 Å². The van der Waals surface area contributed by atoms with Crippen LogP contribution < -0.4 is 10.2 Å². The third kappa shape index (κ3) is 3.82. The van der Waals surface area contributed by atoms with Crippen molar-refractivity contribution in [1.82, 2.24) is 9.97 Å². The van der Waals surface area contributed by atoms with Crippen LogP contribution in [0.15, 0.2) is 24.5 Å². The molecule has 1 aromatic carbocycles. The van der Waals surface area contributed by atoms with Gasteiger partial charge in [-0.2, -0.15) is 0 Å². The lowest BCUT2D eigenvalue weighted by molar-refractivity contribution is -0.383. The van der Waals surface area contributed by atoms with Gasteiger partial charge in [-0.25, -0.2) is 9.97 Å². The molecule has 0 amide bonds. The summed E-state index contributed by atoms with van der Waals surface area (Å²) in [5.74, 6) is 0.564. The summed E-state index contributed by atoms with van der Waals surface area (Å²) in [6, 6.07) is 5.39. The third-order valence-electron chi connectivity index (χ3n) is 4.41. The summed E-state index contributed by atoms with van der Waals surface area (Å²) in [4.78, 5) is 21.6. The first-order valence-corrected chi connectivity index (χ1v) is 8.72. The van der Waals surface area contributed by atoms with Gasteiger partial charge in [-0.05, 0) is 37.5 Å². The van der Waals surface area contributed by atoms with E-state index in [1.807, 2.05) is 17.9 Å². The highest BCUT2D eigenvalue weighted by Gasteiger charge is 2.27. The minimum absolute atomic E-state index is 0.0937. The second-order valence-corrected chi connectivity index (χ2v) is 6.50. The van der Waals surface area contributed by atoms with Gasteiger partial charge in [0.2, 0.25) is 11.6 Å². The van der Waals surface area contributed by atoms with E-state index in [-0.39, 0.29) is 11.5 Å². The van der Waals surface area contributed by atoms with E-state index in [1.54, 1.807) is 12.1 Å². The van der Waals surface area contributed by atoms with Gasteiger partial charge in [0.15, 0.2) is 0 Å². The van der Waals surface area contributed by atoms with Crippen molar-refractivity contribution in [3.05, 3.63) is 45.2 Å². The highest BCUT2D eigenvalue weighted by atomic mass is 35.5. The first-order chi connectivity index (χ1) is 12.1. The molecule has 3 rings (SSSR count). The Morgan fingerprint density at radius 2 is 1.92 bits per heavy atom. The molecule has 0 aliphatic carbocycles. The Kier molecular flexibility index (Phi) is 5.33. The Labute approximate surface area is 151 Å². The molecule has 1 aliphatic rings. The fourth-order valence-corrected chi connectivity index (χ4v) is 3.19. The largest absolute Gasteiger partial charge is 0.353 e. The quantitative estimate of drug-likeness (QED) is 0.638. The van der Waals surface area contributed by atoms with Crippen LogP contribution in [0.25, 0.3) is 0 Å². The maximum atomic E-state index is 11.7. The average molecular weight is 362 g/mol. The number of nitrogens with one attached hydrogen (secondary N) is 1. The highest BCUT2D eigenvalue weighted by Crippen LogP contribution is 2.35. The number of nitro groups is 1. The fourth-order valence-electron chi connectivity index (χ4n) is 3.01. The van der Waals surface area contributed by atoms with Gasteiger partial charge in [0.1, 0.15) is 6.33 Å². The van der Waals surface area contributed by atoms with E-state index in [4.69, 9.17) is 11.6 Å². The van der Waals surface area contributed by atoms with Crippen molar-refractivity contribution in [1.29, 1.82) is 0 Å². The van der Waals surface area contributed by atoms with Crippen molar-refractivity contribution < 1.29 is 4.92 Å². The Bertz CT molecular complexity index is 776. The van der Waals surface area contributed by atoms with Crippen LogP contribution in [0.4, 0.5) is 23.0 Å². The van der Waals surface area contributed by atoms with Crippen molar-refractivity contribution in [2.75, 3.05) is 23.3 Å². The van der Waals surface area contributed by atoms with Crippen LogP contribution in [0.3, 0.4) is 0 Å². The molecule has 0 spiro atoms. The molecular formula is C17H20ClN5O2. The first-order valence-electron chi connectivity index (χ1n) is 8.34. The third-order valence-corrected chi connectivity index (χ3v) is 4.82. The summed E-state index contributed by atoms with van der Waals surface area (Å²) in [6.07, 6.45) is 5.68. The van der Waals surface area contributed by atoms with Crippen LogP contribution in [0.2, 0.25) is 5.02 Å². The SMILES string of the molecule is Cc1c(Cl)cccc1Nc1ncnc(N2CCCCCC2)c1[N+](=O)[O-]. The Morgan fingerprint density at radius 1 is 1.20 bits per heavy atom. The lowest BCUT2D eigenvalue weighted by Crippen LogP contribution is -2.26. The number of halogens is 1. The van der Waals surface area contributed by atoms with E-state index >= 15 is 0 Å². The lowest BCUT2D eigenvalue weighted by atomic mass is 10.2. The van der Waals surface area contributed by atoms with Crippen molar-refractivity contribution in [2.45, 2.75) is 32.6 Å². The molecule has 1 aromatic heterocycles. The van der Waals surface area contributed by atoms with Crippen LogP contribution in [0.1, 0.15) is 31.2 Å². The number of rotatable bonds is 4. The summed E-state index contributed by atoms with van der Waals surface area (Å²) in [6.45, 7) is 3.40. The van der Waals surface area contributed by atoms with Gasteiger partial charge in [0, 0.05) is 23.8 Å². The van der Waals surface area contributed by atoms with Gasteiger partial charge in [-0.15, -0.1) is 0 Å². The number of anilines is 3. The van der Waals surface area contributed by atoms with Crippen LogP contribution in [-0.4, -0.2) is 28.0 Å². The monoisotopic (exact) mass is 361 g/mol. The van der Waals surface area contributed by atoms with E-state index in [9.17, 15) is 10.1 Å². The molecule has 2 heterocycles. The average Bonchev–Trinajstić information content (AvgIpc) is 2.88. The topological polar surface area (TPSA) is 84.2 Å². The van der Waals surface area contributed by atoms with Gasteiger partial charge in [0.25, 0.3) is 0 Å². The second kappa shape index (κ2) is 7.65. The maximum Gasteiger partial charge on any atom is 0.353 e. The summed E-state index contributed by atoms with van der Waals surface area (Å²) >= 11 is 6.14. The number of hydrogen-bond acceptors (Lipinski definition) is 6. The summed E-state index contributed by atoms with van der Waals surface area (Å²) in [5.41, 5.74) is 1.41. The molecule has 0 unspecified atom stereocenters. The molecule has 0 radical (unpaired) electrons. The van der Waals surface area contributed by atoms with Gasteiger partial charge in [-0.1, -0.05) is 30.5 Å². The Morgan fingerprint density at radius 3 is 2.60 bits per heavy atom. The normalized spacial score (nSPS) is 14.9. The van der Waals surface area contributed by atoms with E-state index in [0.29, 0.717) is 16.5 Å². The zero-order valence-corrected chi connectivity index (χ0v) is 14.8. The summed E-state index contributed by atoms with van der Waals surface area (Å²) in [5, 5.41) is 15.4.